The summed E-state index contributed by atoms with van der Waals surface area (Å²) in [4.78, 5) is 0. The van der Waals surface area contributed by atoms with E-state index in [0.29, 0.717) is 0 Å². The van der Waals surface area contributed by atoms with Crippen molar-refractivity contribution >= 4 is 0 Å². The van der Waals surface area contributed by atoms with Crippen LogP contribution in [0.3, 0.4) is 0 Å². The summed E-state index contributed by atoms with van der Waals surface area (Å²) >= 11 is 0. The minimum absolute atomic E-state index is 0.191. The fraction of sp³-hybridized carbons (Fsp3) is 0.200. The SMILES string of the molecule is CNCc1ccccc1COc1cc(F)cc(F)c1. The van der Waals surface area contributed by atoms with E-state index in [-0.39, 0.29) is 12.4 Å². The molecule has 2 rings (SSSR count). The Kier molecular flexibility index (Phi) is 4.47. The summed E-state index contributed by atoms with van der Waals surface area (Å²) in [6.07, 6.45) is 0. The molecule has 2 aromatic carbocycles. The first-order valence-electron chi connectivity index (χ1n) is 5.99. The number of nitrogens with one attached hydrogen (secondary N) is 1. The minimum Gasteiger partial charge on any atom is -0.489 e. The fourth-order valence-corrected chi connectivity index (χ4v) is 1.83. The van der Waals surface area contributed by atoms with Gasteiger partial charge in [0, 0.05) is 24.7 Å². The summed E-state index contributed by atoms with van der Waals surface area (Å²) < 4.78 is 31.5. The number of halogens is 2. The topological polar surface area (TPSA) is 21.3 Å². The average molecular weight is 263 g/mol. The standard InChI is InChI=1S/C15H15F2NO/c1-18-9-11-4-2-3-5-12(11)10-19-15-7-13(16)6-14(17)8-15/h2-8,18H,9-10H2,1H3. The second-order valence-corrected chi connectivity index (χ2v) is 4.19. The normalized spacial score (nSPS) is 10.5. The molecule has 19 heavy (non-hydrogen) atoms. The Morgan fingerprint density at radius 3 is 2.26 bits per heavy atom. The highest BCUT2D eigenvalue weighted by molar-refractivity contribution is 5.28. The zero-order valence-electron chi connectivity index (χ0n) is 10.6. The molecule has 0 amide bonds. The molecule has 2 aromatic rings. The molecule has 0 heterocycles. The van der Waals surface area contributed by atoms with E-state index in [1.807, 2.05) is 31.3 Å². The van der Waals surface area contributed by atoms with Crippen LogP contribution in [0, 0.1) is 11.6 Å². The summed E-state index contributed by atoms with van der Waals surface area (Å²) in [6.45, 7) is 0.998. The van der Waals surface area contributed by atoms with Gasteiger partial charge in [-0.05, 0) is 18.2 Å². The molecule has 0 spiro atoms. The molecule has 2 nitrogen and oxygen atoms in total. The lowest BCUT2D eigenvalue weighted by molar-refractivity contribution is 0.301. The van der Waals surface area contributed by atoms with E-state index in [1.54, 1.807) is 0 Å². The van der Waals surface area contributed by atoms with Crippen LogP contribution in [0.15, 0.2) is 42.5 Å². The van der Waals surface area contributed by atoms with Gasteiger partial charge in [0.25, 0.3) is 0 Å². The Hall–Kier alpha value is -1.94. The molecule has 0 aliphatic heterocycles. The molecule has 0 aromatic heterocycles. The molecular formula is C15H15F2NO. The molecule has 0 radical (unpaired) electrons. The van der Waals surface area contributed by atoms with Gasteiger partial charge in [0.1, 0.15) is 24.0 Å². The van der Waals surface area contributed by atoms with Crippen LogP contribution in [0.2, 0.25) is 0 Å². The Labute approximate surface area is 111 Å². The van der Waals surface area contributed by atoms with Crippen LogP contribution >= 0.6 is 0 Å². The predicted octanol–water partition coefficient (Wildman–Crippen LogP) is 3.26. The van der Waals surface area contributed by atoms with Crippen LogP contribution in [0.1, 0.15) is 11.1 Å². The maximum absolute atomic E-state index is 13.0. The van der Waals surface area contributed by atoms with E-state index < -0.39 is 11.6 Å². The third kappa shape index (κ3) is 3.76. The molecular weight excluding hydrogens is 248 g/mol. The molecule has 100 valence electrons. The van der Waals surface area contributed by atoms with Crippen molar-refractivity contribution in [2.24, 2.45) is 0 Å². The van der Waals surface area contributed by atoms with Gasteiger partial charge >= 0.3 is 0 Å². The zero-order chi connectivity index (χ0) is 13.7. The van der Waals surface area contributed by atoms with E-state index in [4.69, 9.17) is 4.74 Å². The van der Waals surface area contributed by atoms with Crippen LogP contribution < -0.4 is 10.1 Å². The van der Waals surface area contributed by atoms with Gasteiger partial charge in [-0.25, -0.2) is 8.78 Å². The third-order valence-corrected chi connectivity index (χ3v) is 2.72. The number of hydrogen-bond donors (Lipinski definition) is 1. The molecule has 0 aliphatic rings. The minimum atomic E-state index is -0.640. The maximum atomic E-state index is 13.0. The van der Waals surface area contributed by atoms with E-state index >= 15 is 0 Å². The van der Waals surface area contributed by atoms with Crippen molar-refractivity contribution in [2.45, 2.75) is 13.2 Å². The monoisotopic (exact) mass is 263 g/mol. The van der Waals surface area contributed by atoms with Gasteiger partial charge in [-0.15, -0.1) is 0 Å². The number of ether oxygens (including phenoxy) is 1. The van der Waals surface area contributed by atoms with Gasteiger partial charge in [0.15, 0.2) is 0 Å². The summed E-state index contributed by atoms with van der Waals surface area (Å²) in [5.74, 6) is -1.09. The van der Waals surface area contributed by atoms with Gasteiger partial charge in [-0.2, -0.15) is 0 Å². The Morgan fingerprint density at radius 1 is 1.00 bits per heavy atom. The van der Waals surface area contributed by atoms with Crippen molar-refractivity contribution in [3.05, 3.63) is 65.2 Å². The molecule has 1 N–H and O–H groups in total. The predicted molar refractivity (Wildman–Crippen MR) is 69.9 cm³/mol. The van der Waals surface area contributed by atoms with Gasteiger partial charge in [0.2, 0.25) is 0 Å². The van der Waals surface area contributed by atoms with E-state index in [2.05, 4.69) is 5.32 Å². The van der Waals surface area contributed by atoms with Crippen LogP contribution in [0.25, 0.3) is 0 Å². The largest absolute Gasteiger partial charge is 0.489 e. The second kappa shape index (κ2) is 6.29. The number of hydrogen-bond acceptors (Lipinski definition) is 2. The van der Waals surface area contributed by atoms with Gasteiger partial charge in [0.05, 0.1) is 0 Å². The third-order valence-electron chi connectivity index (χ3n) is 2.72. The zero-order valence-corrected chi connectivity index (χ0v) is 10.6. The van der Waals surface area contributed by atoms with Gasteiger partial charge in [-0.3, -0.25) is 0 Å². The van der Waals surface area contributed by atoms with Crippen molar-refractivity contribution in [1.29, 1.82) is 0 Å². The van der Waals surface area contributed by atoms with Crippen LogP contribution in [0.5, 0.6) is 5.75 Å². The molecule has 0 atom stereocenters. The smallest absolute Gasteiger partial charge is 0.129 e. The highest BCUT2D eigenvalue weighted by Crippen LogP contribution is 2.18. The average Bonchev–Trinajstić information content (AvgIpc) is 2.37. The van der Waals surface area contributed by atoms with Crippen LogP contribution in [-0.4, -0.2) is 7.05 Å². The fourth-order valence-electron chi connectivity index (χ4n) is 1.83. The van der Waals surface area contributed by atoms with E-state index in [9.17, 15) is 8.78 Å². The van der Waals surface area contributed by atoms with Crippen LogP contribution in [0.4, 0.5) is 8.78 Å². The lowest BCUT2D eigenvalue weighted by Gasteiger charge is -2.11. The number of benzene rings is 2. The Balaban J connectivity index is 2.09. The summed E-state index contributed by atoms with van der Waals surface area (Å²) in [5.41, 5.74) is 2.09. The van der Waals surface area contributed by atoms with Crippen LogP contribution in [-0.2, 0) is 13.2 Å². The first-order chi connectivity index (χ1) is 9.19. The van der Waals surface area contributed by atoms with Crippen molar-refractivity contribution < 1.29 is 13.5 Å². The molecule has 4 heteroatoms. The summed E-state index contributed by atoms with van der Waals surface area (Å²) in [5, 5.41) is 3.07. The first-order valence-corrected chi connectivity index (χ1v) is 5.99. The molecule has 0 saturated carbocycles. The maximum Gasteiger partial charge on any atom is 0.129 e. The lowest BCUT2D eigenvalue weighted by atomic mass is 10.1. The summed E-state index contributed by atoms with van der Waals surface area (Å²) in [6, 6.07) is 10.9. The highest BCUT2D eigenvalue weighted by Gasteiger charge is 2.04. The number of rotatable bonds is 5. The van der Waals surface area contributed by atoms with Gasteiger partial charge < -0.3 is 10.1 Å². The molecule has 0 aliphatic carbocycles. The van der Waals surface area contributed by atoms with E-state index in [1.165, 1.54) is 12.1 Å². The quantitative estimate of drug-likeness (QED) is 0.894. The molecule has 0 unspecified atom stereocenters. The highest BCUT2D eigenvalue weighted by atomic mass is 19.1. The van der Waals surface area contributed by atoms with Crippen molar-refractivity contribution in [3.63, 3.8) is 0 Å². The Bertz CT molecular complexity index is 537. The van der Waals surface area contributed by atoms with Crippen molar-refractivity contribution in [2.75, 3.05) is 7.05 Å². The van der Waals surface area contributed by atoms with Crippen molar-refractivity contribution in [3.8, 4) is 5.75 Å². The lowest BCUT2D eigenvalue weighted by Crippen LogP contribution is -2.09. The molecule has 0 fully saturated rings. The van der Waals surface area contributed by atoms with Gasteiger partial charge in [-0.1, -0.05) is 24.3 Å². The second-order valence-electron chi connectivity index (χ2n) is 4.19. The first kappa shape index (κ1) is 13.5. The molecule has 0 bridgehead atoms. The summed E-state index contributed by atoms with van der Waals surface area (Å²) in [7, 11) is 1.86. The Morgan fingerprint density at radius 2 is 1.63 bits per heavy atom. The van der Waals surface area contributed by atoms with Crippen molar-refractivity contribution in [1.82, 2.24) is 5.32 Å². The molecule has 0 saturated heterocycles. The van der Waals surface area contributed by atoms with E-state index in [0.717, 1.165) is 23.7 Å².